The zero-order valence-corrected chi connectivity index (χ0v) is 13.3. The maximum Gasteiger partial charge on any atom is 0.0841 e. The second kappa shape index (κ2) is 5.65. The van der Waals surface area contributed by atoms with Crippen LogP contribution in [0.5, 0.6) is 0 Å². The van der Waals surface area contributed by atoms with Crippen molar-refractivity contribution >= 4 is 43.2 Å². The van der Waals surface area contributed by atoms with E-state index in [2.05, 4.69) is 31.9 Å². The van der Waals surface area contributed by atoms with Gasteiger partial charge < -0.3 is 5.11 Å². The van der Waals surface area contributed by atoms with Crippen LogP contribution in [0.25, 0.3) is 0 Å². The van der Waals surface area contributed by atoms with Crippen LogP contribution in [-0.4, -0.2) is 5.11 Å². The molecule has 0 saturated heterocycles. The number of thiophene rings is 1. The Morgan fingerprint density at radius 3 is 2.65 bits per heavy atom. The van der Waals surface area contributed by atoms with Crippen LogP contribution in [-0.2, 0) is 6.42 Å². The third-order valence-corrected chi connectivity index (χ3v) is 5.55. The molecule has 4 heteroatoms. The molecule has 0 bridgehead atoms. The van der Waals surface area contributed by atoms with Gasteiger partial charge in [-0.3, -0.25) is 0 Å². The second-order valence-corrected chi connectivity index (χ2v) is 6.58. The molecule has 0 saturated carbocycles. The van der Waals surface area contributed by atoms with E-state index in [-0.39, 0.29) is 0 Å². The molecule has 1 atom stereocenters. The van der Waals surface area contributed by atoms with E-state index in [1.807, 2.05) is 36.6 Å². The van der Waals surface area contributed by atoms with Crippen molar-refractivity contribution in [3.63, 3.8) is 0 Å². The minimum absolute atomic E-state index is 0.456. The lowest BCUT2D eigenvalue weighted by molar-refractivity contribution is 0.178. The number of hydrogen-bond acceptors (Lipinski definition) is 2. The molecule has 0 amide bonds. The van der Waals surface area contributed by atoms with Crippen molar-refractivity contribution in [1.29, 1.82) is 0 Å². The van der Waals surface area contributed by atoms with Crippen LogP contribution in [0.2, 0.25) is 0 Å². The fourth-order valence-corrected chi connectivity index (χ4v) is 3.68. The molecular formula is C13H12Br2OS. The molecule has 0 aliphatic carbocycles. The highest BCUT2D eigenvalue weighted by Crippen LogP contribution is 2.31. The number of halogens is 2. The number of rotatable bonds is 3. The fraction of sp³-hybridized carbons (Fsp3) is 0.231. The Labute approximate surface area is 122 Å². The molecule has 0 fully saturated rings. The summed E-state index contributed by atoms with van der Waals surface area (Å²) in [6.07, 6.45) is 0.192. The van der Waals surface area contributed by atoms with Gasteiger partial charge in [0.05, 0.1) is 6.10 Å². The summed E-state index contributed by atoms with van der Waals surface area (Å²) in [5.74, 6) is 0. The number of hydrogen-bond donors (Lipinski definition) is 1. The van der Waals surface area contributed by atoms with E-state index in [1.54, 1.807) is 11.3 Å². The van der Waals surface area contributed by atoms with Gasteiger partial charge in [-0.2, -0.15) is 0 Å². The molecule has 1 nitrogen and oxygen atoms in total. The first-order chi connectivity index (χ1) is 8.09. The van der Waals surface area contributed by atoms with Gasteiger partial charge in [0, 0.05) is 20.2 Å². The monoisotopic (exact) mass is 374 g/mol. The van der Waals surface area contributed by atoms with E-state index in [4.69, 9.17) is 0 Å². The zero-order valence-electron chi connectivity index (χ0n) is 9.28. The minimum Gasteiger partial charge on any atom is -0.388 e. The van der Waals surface area contributed by atoms with Crippen LogP contribution in [0, 0.1) is 6.92 Å². The molecular weight excluding hydrogens is 364 g/mol. The first-order valence-corrected chi connectivity index (χ1v) is 7.71. The van der Waals surface area contributed by atoms with Gasteiger partial charge in [-0.15, -0.1) is 11.3 Å². The highest BCUT2D eigenvalue weighted by atomic mass is 79.9. The Morgan fingerprint density at radius 1 is 1.24 bits per heavy atom. The third-order valence-electron chi connectivity index (χ3n) is 2.74. The molecule has 1 aromatic carbocycles. The largest absolute Gasteiger partial charge is 0.388 e. The molecule has 1 unspecified atom stereocenters. The van der Waals surface area contributed by atoms with Crippen LogP contribution in [0.15, 0.2) is 38.6 Å². The lowest BCUT2D eigenvalue weighted by atomic mass is 10.0. The summed E-state index contributed by atoms with van der Waals surface area (Å²) in [7, 11) is 0. The first kappa shape index (κ1) is 13.3. The normalized spacial score (nSPS) is 12.7. The van der Waals surface area contributed by atoms with Crippen molar-refractivity contribution in [1.82, 2.24) is 0 Å². The zero-order chi connectivity index (χ0) is 12.4. The molecule has 90 valence electrons. The standard InChI is InChI=1S/C13H12Br2OS/c1-8-9(3-2-4-10(8)14)12(16)7-13-11(15)5-6-17-13/h2-6,12,16H,7H2,1H3. The van der Waals surface area contributed by atoms with Crippen LogP contribution >= 0.6 is 43.2 Å². The number of aliphatic hydroxyl groups excluding tert-OH is 1. The second-order valence-electron chi connectivity index (χ2n) is 3.87. The topological polar surface area (TPSA) is 20.2 Å². The van der Waals surface area contributed by atoms with E-state index in [9.17, 15) is 5.11 Å². The Hall–Kier alpha value is -0.160. The summed E-state index contributed by atoms with van der Waals surface area (Å²) >= 11 is 8.64. The molecule has 1 aromatic heterocycles. The van der Waals surface area contributed by atoms with Crippen LogP contribution in [0.1, 0.15) is 22.1 Å². The van der Waals surface area contributed by atoms with Crippen molar-refractivity contribution in [2.75, 3.05) is 0 Å². The van der Waals surface area contributed by atoms with Gasteiger partial charge in [0.25, 0.3) is 0 Å². The predicted octanol–water partition coefficient (Wildman–Crippen LogP) is 4.86. The lowest BCUT2D eigenvalue weighted by Crippen LogP contribution is -2.03. The molecule has 1 heterocycles. The van der Waals surface area contributed by atoms with Crippen molar-refractivity contribution in [2.45, 2.75) is 19.4 Å². The molecule has 2 rings (SSSR count). The van der Waals surface area contributed by atoms with Crippen molar-refractivity contribution < 1.29 is 5.11 Å². The van der Waals surface area contributed by atoms with Gasteiger partial charge in [0.1, 0.15) is 0 Å². The van der Waals surface area contributed by atoms with Crippen molar-refractivity contribution in [3.8, 4) is 0 Å². The quantitative estimate of drug-likeness (QED) is 0.812. The van der Waals surface area contributed by atoms with E-state index >= 15 is 0 Å². The molecule has 1 N–H and O–H groups in total. The summed E-state index contributed by atoms with van der Waals surface area (Å²) in [6.45, 7) is 2.02. The lowest BCUT2D eigenvalue weighted by Gasteiger charge is -2.14. The van der Waals surface area contributed by atoms with Crippen LogP contribution in [0.3, 0.4) is 0 Å². The molecule has 0 spiro atoms. The van der Waals surface area contributed by atoms with E-state index in [0.29, 0.717) is 6.42 Å². The Kier molecular flexibility index (Phi) is 4.42. The van der Waals surface area contributed by atoms with Crippen molar-refractivity contribution in [3.05, 3.63) is 54.6 Å². The van der Waals surface area contributed by atoms with E-state index in [0.717, 1.165) is 20.1 Å². The predicted molar refractivity (Wildman–Crippen MR) is 79.6 cm³/mol. The average Bonchev–Trinajstić information content (AvgIpc) is 2.68. The molecule has 0 radical (unpaired) electrons. The van der Waals surface area contributed by atoms with Gasteiger partial charge in [-0.1, -0.05) is 28.1 Å². The smallest absolute Gasteiger partial charge is 0.0841 e. The van der Waals surface area contributed by atoms with E-state index < -0.39 is 6.10 Å². The molecule has 17 heavy (non-hydrogen) atoms. The maximum absolute atomic E-state index is 10.3. The summed E-state index contributed by atoms with van der Waals surface area (Å²) in [5.41, 5.74) is 2.09. The molecule has 2 aromatic rings. The molecule has 0 aliphatic heterocycles. The maximum atomic E-state index is 10.3. The fourth-order valence-electron chi connectivity index (χ4n) is 1.74. The van der Waals surface area contributed by atoms with Gasteiger partial charge >= 0.3 is 0 Å². The van der Waals surface area contributed by atoms with Gasteiger partial charge in [-0.05, 0) is 51.5 Å². The summed E-state index contributed by atoms with van der Waals surface area (Å²) in [5, 5.41) is 12.3. The van der Waals surface area contributed by atoms with Crippen LogP contribution < -0.4 is 0 Å². The average molecular weight is 376 g/mol. The number of benzene rings is 1. The van der Waals surface area contributed by atoms with Crippen LogP contribution in [0.4, 0.5) is 0 Å². The van der Waals surface area contributed by atoms with E-state index in [1.165, 1.54) is 4.88 Å². The van der Waals surface area contributed by atoms with Crippen molar-refractivity contribution in [2.24, 2.45) is 0 Å². The molecule has 0 aliphatic rings. The number of aliphatic hydroxyl groups is 1. The van der Waals surface area contributed by atoms with Gasteiger partial charge in [0.15, 0.2) is 0 Å². The first-order valence-electron chi connectivity index (χ1n) is 5.24. The Morgan fingerprint density at radius 2 is 2.00 bits per heavy atom. The SMILES string of the molecule is Cc1c(Br)cccc1C(O)Cc1sccc1Br. The summed E-state index contributed by atoms with van der Waals surface area (Å²) in [4.78, 5) is 1.18. The Balaban J connectivity index is 2.23. The third kappa shape index (κ3) is 2.99. The summed E-state index contributed by atoms with van der Waals surface area (Å²) < 4.78 is 2.12. The minimum atomic E-state index is -0.456. The summed E-state index contributed by atoms with van der Waals surface area (Å²) in [6, 6.07) is 7.94. The highest BCUT2D eigenvalue weighted by molar-refractivity contribution is 9.10. The van der Waals surface area contributed by atoms with Gasteiger partial charge in [0.2, 0.25) is 0 Å². The van der Waals surface area contributed by atoms with Gasteiger partial charge in [-0.25, -0.2) is 0 Å². The highest BCUT2D eigenvalue weighted by Gasteiger charge is 2.14. The Bertz CT molecular complexity index is 522.